The van der Waals surface area contributed by atoms with Crippen molar-refractivity contribution in [3.63, 3.8) is 0 Å². The number of hydrogen-bond donors (Lipinski definition) is 0. The van der Waals surface area contributed by atoms with Crippen molar-refractivity contribution in [1.29, 1.82) is 0 Å². The highest BCUT2D eigenvalue weighted by Gasteiger charge is 2.28. The van der Waals surface area contributed by atoms with Gasteiger partial charge >= 0.3 is 0 Å². The van der Waals surface area contributed by atoms with Crippen molar-refractivity contribution < 1.29 is 9.53 Å². The lowest BCUT2D eigenvalue weighted by Gasteiger charge is -2.39. The second-order valence-electron chi connectivity index (χ2n) is 7.20. The van der Waals surface area contributed by atoms with Crippen LogP contribution in [0.4, 0.5) is 11.4 Å². The van der Waals surface area contributed by atoms with Gasteiger partial charge in [-0.05, 0) is 30.7 Å². The van der Waals surface area contributed by atoms with Gasteiger partial charge in [-0.3, -0.25) is 9.69 Å². The molecule has 0 N–H and O–H groups in total. The minimum atomic E-state index is 0.0911. The summed E-state index contributed by atoms with van der Waals surface area (Å²) in [4.78, 5) is 20.0. The molecule has 1 amide bonds. The maximum Gasteiger partial charge on any atom is 0.258 e. The summed E-state index contributed by atoms with van der Waals surface area (Å²) in [6.07, 6.45) is 0. The van der Waals surface area contributed by atoms with Gasteiger partial charge in [-0.2, -0.15) is 0 Å². The molecule has 2 aromatic rings. The van der Waals surface area contributed by atoms with E-state index >= 15 is 0 Å². The van der Waals surface area contributed by atoms with Crippen LogP contribution in [0.25, 0.3) is 0 Å². The first-order chi connectivity index (χ1) is 13.2. The number of amides is 1. The molecule has 2 aromatic carbocycles. The average Bonchev–Trinajstić information content (AvgIpc) is 2.72. The van der Waals surface area contributed by atoms with Crippen molar-refractivity contribution in [3.8, 4) is 0 Å². The molecule has 0 unspecified atom stereocenters. The lowest BCUT2D eigenvalue weighted by molar-refractivity contribution is 0.0391. The van der Waals surface area contributed by atoms with Gasteiger partial charge in [-0.15, -0.1) is 0 Å². The fourth-order valence-electron chi connectivity index (χ4n) is 3.91. The van der Waals surface area contributed by atoms with Crippen LogP contribution in [0.15, 0.2) is 48.5 Å². The van der Waals surface area contributed by atoms with Crippen LogP contribution >= 0.6 is 0 Å². The Labute approximate surface area is 161 Å². The van der Waals surface area contributed by atoms with Gasteiger partial charge in [0.05, 0.1) is 24.6 Å². The molecule has 4 rings (SSSR count). The molecule has 27 heavy (non-hydrogen) atoms. The zero-order chi connectivity index (χ0) is 18.6. The number of carbonyl (C=O) groups excluding carboxylic acids is 1. The number of hydrogen-bond acceptors (Lipinski definition) is 4. The van der Waals surface area contributed by atoms with Gasteiger partial charge in [0, 0.05) is 44.8 Å². The van der Waals surface area contributed by atoms with Gasteiger partial charge in [0.25, 0.3) is 5.91 Å². The Balaban J connectivity index is 1.52. The molecule has 1 saturated heterocycles. The summed E-state index contributed by atoms with van der Waals surface area (Å²) in [6.45, 7) is 9.25. The van der Waals surface area contributed by atoms with Gasteiger partial charge < -0.3 is 14.5 Å². The first-order valence-electron chi connectivity index (χ1n) is 9.75. The molecular weight excluding hydrogens is 338 g/mol. The molecule has 0 bridgehead atoms. The second kappa shape index (κ2) is 8.11. The monoisotopic (exact) mass is 365 g/mol. The topological polar surface area (TPSA) is 36.0 Å². The smallest absolute Gasteiger partial charge is 0.258 e. The zero-order valence-electron chi connectivity index (χ0n) is 15.9. The largest absolute Gasteiger partial charge is 0.379 e. The molecule has 5 heteroatoms. The highest BCUT2D eigenvalue weighted by Crippen LogP contribution is 2.33. The Morgan fingerprint density at radius 1 is 0.889 bits per heavy atom. The molecule has 2 heterocycles. The summed E-state index contributed by atoms with van der Waals surface area (Å²) in [6, 6.07) is 16.1. The molecule has 2 aliphatic heterocycles. The fraction of sp³-hybridized carbons (Fsp3) is 0.409. The van der Waals surface area contributed by atoms with E-state index in [2.05, 4.69) is 28.0 Å². The summed E-state index contributed by atoms with van der Waals surface area (Å²) in [7, 11) is 0. The predicted octanol–water partition coefficient (Wildman–Crippen LogP) is 2.79. The van der Waals surface area contributed by atoms with E-state index in [1.54, 1.807) is 0 Å². The third kappa shape index (κ3) is 3.84. The van der Waals surface area contributed by atoms with E-state index in [-0.39, 0.29) is 5.91 Å². The molecule has 2 aliphatic rings. The Morgan fingerprint density at radius 3 is 2.37 bits per heavy atom. The number of aryl methyl sites for hydroxylation is 1. The lowest BCUT2D eigenvalue weighted by Crippen LogP contribution is -2.47. The van der Waals surface area contributed by atoms with Crippen molar-refractivity contribution in [2.75, 3.05) is 62.3 Å². The highest BCUT2D eigenvalue weighted by atomic mass is 16.5. The molecule has 142 valence electrons. The van der Waals surface area contributed by atoms with Crippen LogP contribution in [0.1, 0.15) is 15.9 Å². The number of para-hydroxylation sites is 2. The Bertz CT molecular complexity index is 802. The van der Waals surface area contributed by atoms with Gasteiger partial charge in [0.2, 0.25) is 0 Å². The number of ether oxygens (including phenoxy) is 1. The van der Waals surface area contributed by atoms with E-state index in [1.807, 2.05) is 42.2 Å². The molecule has 1 fully saturated rings. The van der Waals surface area contributed by atoms with E-state index in [0.29, 0.717) is 6.54 Å². The maximum atomic E-state index is 13.2. The molecule has 0 spiro atoms. The van der Waals surface area contributed by atoms with E-state index in [9.17, 15) is 4.79 Å². The van der Waals surface area contributed by atoms with Crippen molar-refractivity contribution in [2.45, 2.75) is 6.92 Å². The number of carbonyl (C=O) groups is 1. The zero-order valence-corrected chi connectivity index (χ0v) is 15.9. The number of morpholine rings is 1. The third-order valence-corrected chi connectivity index (χ3v) is 5.52. The number of anilines is 2. The summed E-state index contributed by atoms with van der Waals surface area (Å²) in [5.41, 5.74) is 3.97. The van der Waals surface area contributed by atoms with Crippen molar-refractivity contribution in [2.24, 2.45) is 0 Å². The molecular formula is C22H27N3O2. The van der Waals surface area contributed by atoms with E-state index in [0.717, 1.165) is 68.4 Å². The quantitative estimate of drug-likeness (QED) is 0.835. The van der Waals surface area contributed by atoms with Crippen LogP contribution in [0.3, 0.4) is 0 Å². The predicted molar refractivity (Wildman–Crippen MR) is 109 cm³/mol. The molecule has 0 radical (unpaired) electrons. The van der Waals surface area contributed by atoms with Crippen molar-refractivity contribution in [1.82, 2.24) is 4.90 Å². The average molecular weight is 365 g/mol. The minimum absolute atomic E-state index is 0.0911. The Kier molecular flexibility index (Phi) is 5.41. The maximum absolute atomic E-state index is 13.2. The van der Waals surface area contributed by atoms with E-state index in [1.165, 1.54) is 0 Å². The molecule has 5 nitrogen and oxygen atoms in total. The van der Waals surface area contributed by atoms with Crippen molar-refractivity contribution in [3.05, 3.63) is 59.7 Å². The number of nitrogens with zero attached hydrogens (tertiary/aromatic N) is 3. The lowest BCUT2D eigenvalue weighted by atomic mass is 10.1. The van der Waals surface area contributed by atoms with E-state index in [4.69, 9.17) is 4.74 Å². The summed E-state index contributed by atoms with van der Waals surface area (Å²) < 4.78 is 5.44. The first kappa shape index (κ1) is 18.0. The molecule has 0 aromatic heterocycles. The van der Waals surface area contributed by atoms with Crippen LogP contribution in [0.2, 0.25) is 0 Å². The Hall–Kier alpha value is -2.37. The van der Waals surface area contributed by atoms with Gasteiger partial charge in [0.15, 0.2) is 0 Å². The minimum Gasteiger partial charge on any atom is -0.379 e. The van der Waals surface area contributed by atoms with Gasteiger partial charge in [-0.25, -0.2) is 0 Å². The molecule has 0 atom stereocenters. The number of fused-ring (bicyclic) bond motifs is 1. The Morgan fingerprint density at radius 2 is 1.59 bits per heavy atom. The summed E-state index contributed by atoms with van der Waals surface area (Å²) in [5, 5.41) is 0. The van der Waals surface area contributed by atoms with Crippen molar-refractivity contribution >= 4 is 17.3 Å². The van der Waals surface area contributed by atoms with E-state index < -0.39 is 0 Å². The summed E-state index contributed by atoms with van der Waals surface area (Å²) >= 11 is 0. The van der Waals surface area contributed by atoms with Crippen LogP contribution < -0.4 is 9.80 Å². The summed E-state index contributed by atoms with van der Waals surface area (Å²) in [5.74, 6) is 0.0911. The normalized spacial score (nSPS) is 17.7. The van der Waals surface area contributed by atoms with Crippen LogP contribution in [0.5, 0.6) is 0 Å². The van der Waals surface area contributed by atoms with Gasteiger partial charge in [-0.1, -0.05) is 30.3 Å². The number of rotatable bonds is 4. The fourth-order valence-corrected chi connectivity index (χ4v) is 3.91. The van der Waals surface area contributed by atoms with Crippen LogP contribution in [0, 0.1) is 6.92 Å². The van der Waals surface area contributed by atoms with Crippen LogP contribution in [-0.4, -0.2) is 63.3 Å². The SMILES string of the molecule is Cc1ccccc1C(=O)N1CCN(CCN2CCOCC2)c2ccccc21. The second-order valence-corrected chi connectivity index (χ2v) is 7.20. The highest BCUT2D eigenvalue weighted by molar-refractivity contribution is 6.09. The van der Waals surface area contributed by atoms with Gasteiger partial charge in [0.1, 0.15) is 0 Å². The molecule has 0 saturated carbocycles. The number of benzene rings is 2. The third-order valence-electron chi connectivity index (χ3n) is 5.52. The standard InChI is InChI=1S/C22H27N3O2/c1-18-6-2-3-7-19(18)22(26)25-13-12-24(20-8-4-5-9-21(20)25)11-10-23-14-16-27-17-15-23/h2-9H,10-17H2,1H3. The van der Waals surface area contributed by atoms with Crippen LogP contribution in [-0.2, 0) is 4.74 Å². The molecule has 0 aliphatic carbocycles. The first-order valence-corrected chi connectivity index (χ1v) is 9.75.